The summed E-state index contributed by atoms with van der Waals surface area (Å²) >= 11 is 0. The number of anilines is 2. The van der Waals surface area contributed by atoms with Crippen molar-refractivity contribution in [3.05, 3.63) is 90.5 Å². The normalized spacial score (nSPS) is 9.93. The molecule has 136 valence electrons. The number of para-hydroxylation sites is 1. The van der Waals surface area contributed by atoms with E-state index in [1.165, 1.54) is 0 Å². The molecule has 0 aliphatic rings. The van der Waals surface area contributed by atoms with Crippen LogP contribution in [0.4, 0.5) is 11.4 Å². The smallest absolute Gasteiger partial charge is 0.276 e. The molecule has 0 fully saturated rings. The zero-order valence-corrected chi connectivity index (χ0v) is 14.5. The van der Waals surface area contributed by atoms with E-state index in [9.17, 15) is 9.59 Å². The molecule has 0 saturated carbocycles. The first-order chi connectivity index (χ1) is 13.2. The van der Waals surface area contributed by atoms with Crippen LogP contribution in [0.5, 0.6) is 5.75 Å². The van der Waals surface area contributed by atoms with Gasteiger partial charge in [0.2, 0.25) is 0 Å². The summed E-state index contributed by atoms with van der Waals surface area (Å²) in [6, 6.07) is 25.7. The van der Waals surface area contributed by atoms with Crippen molar-refractivity contribution in [2.24, 2.45) is 0 Å². The van der Waals surface area contributed by atoms with Crippen molar-refractivity contribution in [1.29, 1.82) is 0 Å². The first-order valence-electron chi connectivity index (χ1n) is 8.40. The fraction of sp³-hybridized carbons (Fsp3) is 0.0476. The maximum absolute atomic E-state index is 11.8. The lowest BCUT2D eigenvalue weighted by molar-refractivity contribution is -0.123. The van der Waals surface area contributed by atoms with Crippen LogP contribution in [0.15, 0.2) is 84.9 Å². The predicted molar refractivity (Wildman–Crippen MR) is 104 cm³/mol. The van der Waals surface area contributed by atoms with E-state index < -0.39 is 5.91 Å². The minimum Gasteiger partial charge on any atom is -0.484 e. The van der Waals surface area contributed by atoms with Gasteiger partial charge in [0, 0.05) is 16.9 Å². The number of nitrogens with one attached hydrogen (secondary N) is 3. The van der Waals surface area contributed by atoms with Gasteiger partial charge in [0.1, 0.15) is 5.75 Å². The topological polar surface area (TPSA) is 79.5 Å². The van der Waals surface area contributed by atoms with Crippen LogP contribution in [-0.2, 0) is 4.79 Å². The summed E-state index contributed by atoms with van der Waals surface area (Å²) in [5.74, 6) is -0.288. The summed E-state index contributed by atoms with van der Waals surface area (Å²) < 4.78 is 5.42. The molecule has 27 heavy (non-hydrogen) atoms. The second-order valence-corrected chi connectivity index (χ2v) is 5.67. The van der Waals surface area contributed by atoms with Gasteiger partial charge in [-0.1, -0.05) is 36.4 Å². The van der Waals surface area contributed by atoms with E-state index in [-0.39, 0.29) is 12.5 Å². The van der Waals surface area contributed by atoms with Gasteiger partial charge < -0.3 is 10.1 Å². The van der Waals surface area contributed by atoms with Crippen LogP contribution < -0.4 is 20.9 Å². The molecule has 0 heterocycles. The molecule has 3 aromatic carbocycles. The maximum atomic E-state index is 11.8. The largest absolute Gasteiger partial charge is 0.484 e. The molecule has 3 N–H and O–H groups in total. The van der Waals surface area contributed by atoms with Crippen molar-refractivity contribution in [2.75, 3.05) is 11.9 Å². The zero-order valence-electron chi connectivity index (χ0n) is 14.5. The summed E-state index contributed by atoms with van der Waals surface area (Å²) in [6.07, 6.45) is 0. The summed E-state index contributed by atoms with van der Waals surface area (Å²) in [5, 5.41) is 3.26. The van der Waals surface area contributed by atoms with Gasteiger partial charge >= 0.3 is 0 Å². The lowest BCUT2D eigenvalue weighted by atomic mass is 10.2. The minimum atomic E-state index is -0.453. The predicted octanol–water partition coefficient (Wildman–Crippen LogP) is 3.27. The quantitative estimate of drug-likeness (QED) is 0.589. The monoisotopic (exact) mass is 361 g/mol. The number of hydrogen-bond donors (Lipinski definition) is 3. The van der Waals surface area contributed by atoms with E-state index >= 15 is 0 Å². The van der Waals surface area contributed by atoms with Gasteiger partial charge in [0.05, 0.1) is 0 Å². The summed E-state index contributed by atoms with van der Waals surface area (Å²) in [6.45, 7) is -0.208. The third-order valence-electron chi connectivity index (χ3n) is 3.64. The first kappa shape index (κ1) is 18.0. The van der Waals surface area contributed by atoms with E-state index in [2.05, 4.69) is 16.2 Å². The Kier molecular flexibility index (Phi) is 6.04. The van der Waals surface area contributed by atoms with Gasteiger partial charge in [0.25, 0.3) is 11.8 Å². The standard InChI is InChI=1S/C21H19N3O3/c25-20(23-24-21(26)16-7-3-1-4-8-16)15-27-19-13-11-18(12-14-19)22-17-9-5-2-6-10-17/h1-14,22H,15H2,(H,23,25)(H,24,26). The van der Waals surface area contributed by atoms with Crippen molar-refractivity contribution in [1.82, 2.24) is 10.9 Å². The van der Waals surface area contributed by atoms with Gasteiger partial charge in [-0.15, -0.1) is 0 Å². The Morgan fingerprint density at radius 3 is 1.96 bits per heavy atom. The van der Waals surface area contributed by atoms with Crippen LogP contribution in [0.2, 0.25) is 0 Å². The lowest BCUT2D eigenvalue weighted by Crippen LogP contribution is -2.43. The molecule has 0 unspecified atom stereocenters. The molecular weight excluding hydrogens is 342 g/mol. The molecule has 0 spiro atoms. The van der Waals surface area contributed by atoms with Gasteiger partial charge in [0.15, 0.2) is 6.61 Å². The van der Waals surface area contributed by atoms with Crippen molar-refractivity contribution in [3.63, 3.8) is 0 Å². The summed E-state index contributed by atoms with van der Waals surface area (Å²) in [7, 11) is 0. The van der Waals surface area contributed by atoms with Crippen LogP contribution in [0, 0.1) is 0 Å². The molecule has 6 heteroatoms. The minimum absolute atomic E-state index is 0.208. The van der Waals surface area contributed by atoms with Gasteiger partial charge in [-0.05, 0) is 48.5 Å². The third-order valence-corrected chi connectivity index (χ3v) is 3.64. The Morgan fingerprint density at radius 1 is 0.704 bits per heavy atom. The molecular formula is C21H19N3O3. The van der Waals surface area contributed by atoms with Crippen molar-refractivity contribution < 1.29 is 14.3 Å². The van der Waals surface area contributed by atoms with E-state index in [1.54, 1.807) is 36.4 Å². The van der Waals surface area contributed by atoms with E-state index in [4.69, 9.17) is 4.74 Å². The molecule has 3 rings (SSSR count). The highest BCUT2D eigenvalue weighted by molar-refractivity contribution is 5.95. The second-order valence-electron chi connectivity index (χ2n) is 5.67. The first-order valence-corrected chi connectivity index (χ1v) is 8.40. The number of rotatable bonds is 6. The molecule has 6 nitrogen and oxygen atoms in total. The van der Waals surface area contributed by atoms with Crippen molar-refractivity contribution in [2.45, 2.75) is 0 Å². The highest BCUT2D eigenvalue weighted by atomic mass is 16.5. The van der Waals surface area contributed by atoms with Crippen LogP contribution >= 0.6 is 0 Å². The Hall–Kier alpha value is -3.80. The molecule has 0 aliphatic carbocycles. The van der Waals surface area contributed by atoms with Crippen molar-refractivity contribution in [3.8, 4) is 5.75 Å². The fourth-order valence-electron chi connectivity index (χ4n) is 2.30. The molecule has 0 atom stereocenters. The molecule has 0 bridgehead atoms. The Morgan fingerprint density at radius 2 is 1.30 bits per heavy atom. The van der Waals surface area contributed by atoms with E-state index in [0.29, 0.717) is 11.3 Å². The number of benzene rings is 3. The molecule has 0 radical (unpaired) electrons. The summed E-state index contributed by atoms with van der Waals surface area (Å²) in [5.41, 5.74) is 7.02. The second kappa shape index (κ2) is 9.05. The highest BCUT2D eigenvalue weighted by Gasteiger charge is 2.07. The number of hydrogen-bond acceptors (Lipinski definition) is 4. The van der Waals surface area contributed by atoms with Crippen LogP contribution in [0.25, 0.3) is 0 Å². The fourth-order valence-corrected chi connectivity index (χ4v) is 2.30. The third kappa shape index (κ3) is 5.61. The number of ether oxygens (including phenoxy) is 1. The zero-order chi connectivity index (χ0) is 18.9. The number of amides is 2. The highest BCUT2D eigenvalue weighted by Crippen LogP contribution is 2.19. The molecule has 2 amide bonds. The molecule has 0 aliphatic heterocycles. The molecule has 3 aromatic rings. The van der Waals surface area contributed by atoms with Gasteiger partial charge in [-0.2, -0.15) is 0 Å². The molecule has 0 aromatic heterocycles. The van der Waals surface area contributed by atoms with Gasteiger partial charge in [-0.3, -0.25) is 20.4 Å². The summed E-state index contributed by atoms with van der Waals surface area (Å²) in [4.78, 5) is 23.6. The SMILES string of the molecule is O=C(COc1ccc(Nc2ccccc2)cc1)NNC(=O)c1ccccc1. The molecule has 0 saturated heterocycles. The number of carbonyl (C=O) groups excluding carboxylic acids is 2. The van der Waals surface area contributed by atoms with Gasteiger partial charge in [-0.25, -0.2) is 0 Å². The number of carbonyl (C=O) groups is 2. The Bertz CT molecular complexity index is 882. The van der Waals surface area contributed by atoms with Crippen molar-refractivity contribution >= 4 is 23.2 Å². The average Bonchev–Trinajstić information content (AvgIpc) is 2.73. The van der Waals surface area contributed by atoms with E-state index in [0.717, 1.165) is 11.4 Å². The van der Waals surface area contributed by atoms with Crippen LogP contribution in [0.3, 0.4) is 0 Å². The Balaban J connectivity index is 1.43. The van der Waals surface area contributed by atoms with E-state index in [1.807, 2.05) is 48.5 Å². The van der Waals surface area contributed by atoms with Crippen LogP contribution in [-0.4, -0.2) is 18.4 Å². The Labute approximate surface area is 157 Å². The maximum Gasteiger partial charge on any atom is 0.276 e. The number of hydrazine groups is 1. The average molecular weight is 361 g/mol. The lowest BCUT2D eigenvalue weighted by Gasteiger charge is -2.10. The van der Waals surface area contributed by atoms with Crippen LogP contribution in [0.1, 0.15) is 10.4 Å².